The minimum atomic E-state index is -0.0371. The van der Waals surface area contributed by atoms with Gasteiger partial charge in [-0.15, -0.1) is 0 Å². The Morgan fingerprint density at radius 3 is 2.43 bits per heavy atom. The number of amides is 1. The van der Waals surface area contributed by atoms with E-state index in [1.54, 1.807) is 19.2 Å². The first-order valence-electron chi connectivity index (χ1n) is 9.36. The summed E-state index contributed by atoms with van der Waals surface area (Å²) in [7, 11) is 1.59. The smallest absolute Gasteiger partial charge is 0.260 e. The summed E-state index contributed by atoms with van der Waals surface area (Å²) in [6.07, 6.45) is 3.93. The van der Waals surface area contributed by atoms with Gasteiger partial charge in [0.05, 0.1) is 7.11 Å². The average molecular weight is 382 g/mol. The van der Waals surface area contributed by atoms with Gasteiger partial charge in [-0.3, -0.25) is 4.79 Å². The molecule has 148 valence electrons. The van der Waals surface area contributed by atoms with Gasteiger partial charge in [-0.2, -0.15) is 0 Å². The number of piperazine rings is 1. The lowest BCUT2D eigenvalue weighted by Gasteiger charge is -2.36. The van der Waals surface area contributed by atoms with Crippen LogP contribution in [0.1, 0.15) is 12.5 Å². The molecule has 0 atom stereocenters. The van der Waals surface area contributed by atoms with E-state index < -0.39 is 0 Å². The fourth-order valence-electron chi connectivity index (χ4n) is 3.21. The standard InChI is InChI=1S/C22H26N2O4/c1-3-4-17-5-10-20(21(15-17)27-2)28-16-22(26)24-13-11-23(12-14-24)18-6-8-19(25)9-7-18/h3-10,15,25H,11-14,16H2,1-2H3. The Hall–Kier alpha value is -3.15. The number of phenols is 1. The second-order valence-corrected chi connectivity index (χ2v) is 6.58. The van der Waals surface area contributed by atoms with E-state index in [2.05, 4.69) is 4.90 Å². The zero-order valence-electron chi connectivity index (χ0n) is 16.3. The van der Waals surface area contributed by atoms with Gasteiger partial charge < -0.3 is 24.4 Å². The molecule has 1 aliphatic heterocycles. The van der Waals surface area contributed by atoms with Crippen LogP contribution in [0.5, 0.6) is 17.2 Å². The molecule has 6 nitrogen and oxygen atoms in total. The highest BCUT2D eigenvalue weighted by Crippen LogP contribution is 2.28. The number of nitrogens with zero attached hydrogens (tertiary/aromatic N) is 2. The van der Waals surface area contributed by atoms with Crippen LogP contribution in [0.2, 0.25) is 0 Å². The van der Waals surface area contributed by atoms with E-state index in [-0.39, 0.29) is 18.3 Å². The van der Waals surface area contributed by atoms with Crippen LogP contribution >= 0.6 is 0 Å². The SMILES string of the molecule is CC=Cc1ccc(OCC(=O)N2CCN(c3ccc(O)cc3)CC2)c(OC)c1. The van der Waals surface area contributed by atoms with Gasteiger partial charge in [0, 0.05) is 31.9 Å². The lowest BCUT2D eigenvalue weighted by molar-refractivity contribution is -0.133. The predicted molar refractivity (Wildman–Crippen MR) is 110 cm³/mol. The first-order chi connectivity index (χ1) is 13.6. The summed E-state index contributed by atoms with van der Waals surface area (Å²) in [6.45, 7) is 4.71. The van der Waals surface area contributed by atoms with Gasteiger partial charge >= 0.3 is 0 Å². The third-order valence-electron chi connectivity index (χ3n) is 4.75. The normalized spacial score (nSPS) is 14.4. The fourth-order valence-corrected chi connectivity index (χ4v) is 3.21. The molecule has 1 N–H and O–H groups in total. The van der Waals surface area contributed by atoms with Crippen LogP contribution in [-0.4, -0.2) is 55.8 Å². The summed E-state index contributed by atoms with van der Waals surface area (Å²) < 4.78 is 11.1. The summed E-state index contributed by atoms with van der Waals surface area (Å²) in [5, 5.41) is 9.40. The van der Waals surface area contributed by atoms with Crippen molar-refractivity contribution in [1.82, 2.24) is 4.90 Å². The fraction of sp³-hybridized carbons (Fsp3) is 0.318. The number of allylic oxidation sites excluding steroid dienone is 1. The first-order valence-corrected chi connectivity index (χ1v) is 9.36. The number of carbonyl (C=O) groups excluding carboxylic acids is 1. The summed E-state index contributed by atoms with van der Waals surface area (Å²) in [4.78, 5) is 16.5. The van der Waals surface area contributed by atoms with E-state index >= 15 is 0 Å². The zero-order chi connectivity index (χ0) is 19.9. The molecular formula is C22H26N2O4. The topological polar surface area (TPSA) is 62.2 Å². The molecule has 1 heterocycles. The van der Waals surface area contributed by atoms with E-state index in [4.69, 9.17) is 9.47 Å². The van der Waals surface area contributed by atoms with Crippen LogP contribution in [0, 0.1) is 0 Å². The highest BCUT2D eigenvalue weighted by molar-refractivity contribution is 5.78. The van der Waals surface area contributed by atoms with Crippen molar-refractivity contribution in [3.8, 4) is 17.2 Å². The summed E-state index contributed by atoms with van der Waals surface area (Å²) in [5.74, 6) is 1.39. The third-order valence-corrected chi connectivity index (χ3v) is 4.75. The van der Waals surface area contributed by atoms with Crippen molar-refractivity contribution in [2.75, 3.05) is 44.8 Å². The van der Waals surface area contributed by atoms with E-state index in [1.165, 1.54) is 0 Å². The van der Waals surface area contributed by atoms with Crippen molar-refractivity contribution < 1.29 is 19.4 Å². The van der Waals surface area contributed by atoms with Gasteiger partial charge in [-0.1, -0.05) is 18.2 Å². The Labute approximate surface area is 165 Å². The molecule has 6 heteroatoms. The van der Waals surface area contributed by atoms with Gasteiger partial charge in [-0.25, -0.2) is 0 Å². The number of methoxy groups -OCH3 is 1. The number of hydrogen-bond donors (Lipinski definition) is 1. The van der Waals surface area contributed by atoms with Gasteiger partial charge in [0.15, 0.2) is 18.1 Å². The summed E-state index contributed by atoms with van der Waals surface area (Å²) in [5.41, 5.74) is 2.07. The van der Waals surface area contributed by atoms with Crippen molar-refractivity contribution in [3.63, 3.8) is 0 Å². The van der Waals surface area contributed by atoms with E-state index in [0.29, 0.717) is 24.6 Å². The minimum absolute atomic E-state index is 0.0153. The number of phenolic OH excluding ortho intramolecular Hbond substituents is 1. The number of hydrogen-bond acceptors (Lipinski definition) is 5. The number of aromatic hydroxyl groups is 1. The van der Waals surface area contributed by atoms with Crippen LogP contribution < -0.4 is 14.4 Å². The van der Waals surface area contributed by atoms with Crippen molar-refractivity contribution in [2.45, 2.75) is 6.92 Å². The monoisotopic (exact) mass is 382 g/mol. The van der Waals surface area contributed by atoms with Crippen LogP contribution in [-0.2, 0) is 4.79 Å². The molecule has 0 unspecified atom stereocenters. The van der Waals surface area contributed by atoms with Crippen molar-refractivity contribution in [3.05, 3.63) is 54.1 Å². The molecule has 3 rings (SSSR count). The van der Waals surface area contributed by atoms with E-state index in [1.807, 2.05) is 54.3 Å². The van der Waals surface area contributed by atoms with Crippen molar-refractivity contribution >= 4 is 17.7 Å². The van der Waals surface area contributed by atoms with Crippen molar-refractivity contribution in [2.24, 2.45) is 0 Å². The molecule has 0 aliphatic carbocycles. The molecule has 0 radical (unpaired) electrons. The molecule has 2 aromatic rings. The second kappa shape index (κ2) is 9.17. The lowest BCUT2D eigenvalue weighted by Crippen LogP contribution is -2.50. The van der Waals surface area contributed by atoms with E-state index in [9.17, 15) is 9.90 Å². The van der Waals surface area contributed by atoms with Gasteiger partial charge in [0.1, 0.15) is 5.75 Å². The van der Waals surface area contributed by atoms with Gasteiger partial charge in [-0.05, 0) is 48.9 Å². The molecule has 1 aliphatic rings. The third kappa shape index (κ3) is 4.76. The molecule has 0 aromatic heterocycles. The minimum Gasteiger partial charge on any atom is -0.508 e. The highest BCUT2D eigenvalue weighted by atomic mass is 16.5. The maximum Gasteiger partial charge on any atom is 0.260 e. The number of benzene rings is 2. The first kappa shape index (κ1) is 19.6. The van der Waals surface area contributed by atoms with Crippen LogP contribution in [0.25, 0.3) is 6.08 Å². The summed E-state index contributed by atoms with van der Waals surface area (Å²) >= 11 is 0. The molecule has 0 spiro atoms. The highest BCUT2D eigenvalue weighted by Gasteiger charge is 2.22. The quantitative estimate of drug-likeness (QED) is 0.832. The van der Waals surface area contributed by atoms with Crippen LogP contribution in [0.3, 0.4) is 0 Å². The second-order valence-electron chi connectivity index (χ2n) is 6.58. The van der Waals surface area contributed by atoms with Gasteiger partial charge in [0.25, 0.3) is 5.91 Å². The molecule has 0 saturated carbocycles. The van der Waals surface area contributed by atoms with E-state index in [0.717, 1.165) is 24.3 Å². The molecule has 0 bridgehead atoms. The number of ether oxygens (including phenoxy) is 2. The molecular weight excluding hydrogens is 356 g/mol. The van der Waals surface area contributed by atoms with Gasteiger partial charge in [0.2, 0.25) is 0 Å². The Morgan fingerprint density at radius 1 is 1.07 bits per heavy atom. The largest absolute Gasteiger partial charge is 0.508 e. The summed E-state index contributed by atoms with van der Waals surface area (Å²) in [6, 6.07) is 12.8. The Bertz CT molecular complexity index is 825. The maximum atomic E-state index is 12.5. The molecule has 28 heavy (non-hydrogen) atoms. The van der Waals surface area contributed by atoms with Crippen LogP contribution in [0.4, 0.5) is 5.69 Å². The Balaban J connectivity index is 1.53. The average Bonchev–Trinajstić information content (AvgIpc) is 2.73. The zero-order valence-corrected chi connectivity index (χ0v) is 16.3. The number of rotatable bonds is 6. The molecule has 1 amide bonds. The number of carbonyl (C=O) groups is 1. The predicted octanol–water partition coefficient (Wildman–Crippen LogP) is 3.16. The lowest BCUT2D eigenvalue weighted by atomic mass is 10.2. The van der Waals surface area contributed by atoms with Crippen LogP contribution in [0.15, 0.2) is 48.5 Å². The maximum absolute atomic E-state index is 12.5. The number of anilines is 1. The molecule has 1 saturated heterocycles. The molecule has 1 fully saturated rings. The Kier molecular flexibility index (Phi) is 6.42. The Morgan fingerprint density at radius 2 is 1.79 bits per heavy atom. The van der Waals surface area contributed by atoms with Crippen molar-refractivity contribution in [1.29, 1.82) is 0 Å². The molecule has 2 aromatic carbocycles.